The molecule has 1 saturated heterocycles. The van der Waals surface area contributed by atoms with E-state index in [0.717, 1.165) is 31.8 Å². The van der Waals surface area contributed by atoms with Gasteiger partial charge in [-0.3, -0.25) is 14.5 Å². The Morgan fingerprint density at radius 3 is 2.41 bits per heavy atom. The molecule has 0 unspecified atom stereocenters. The Hall–Kier alpha value is -2.07. The van der Waals surface area contributed by atoms with E-state index in [9.17, 15) is 9.59 Å². The molecular weight excluding hydrogens is 650 g/mol. The maximum Gasteiger partial charge on any atom is 0.293 e. The summed E-state index contributed by atoms with van der Waals surface area (Å²) in [5.41, 5.74) is 2.59. The van der Waals surface area contributed by atoms with Gasteiger partial charge in [0.15, 0.2) is 11.5 Å². The molecule has 9 heteroatoms. The minimum absolute atomic E-state index is 0.208. The van der Waals surface area contributed by atoms with Crippen molar-refractivity contribution in [1.82, 2.24) is 4.90 Å². The summed E-state index contributed by atoms with van der Waals surface area (Å²) in [6.07, 6.45) is 1.69. The molecule has 1 aliphatic rings. The molecule has 34 heavy (non-hydrogen) atoms. The van der Waals surface area contributed by atoms with Crippen molar-refractivity contribution in [2.24, 2.45) is 0 Å². The molecule has 0 bridgehead atoms. The minimum Gasteiger partial charge on any atom is -0.493 e. The van der Waals surface area contributed by atoms with Gasteiger partial charge in [0, 0.05) is 8.95 Å². The highest BCUT2D eigenvalue weighted by atomic mass is 79.9. The first kappa shape index (κ1) is 25.0. The maximum absolute atomic E-state index is 13.0. The first-order valence-corrected chi connectivity index (χ1v) is 13.3. The lowest BCUT2D eigenvalue weighted by molar-refractivity contribution is -0.123. The van der Waals surface area contributed by atoms with Crippen molar-refractivity contribution in [3.05, 3.63) is 95.7 Å². The third kappa shape index (κ3) is 5.76. The third-order valence-corrected chi connectivity index (χ3v) is 7.80. The van der Waals surface area contributed by atoms with E-state index in [4.69, 9.17) is 9.47 Å². The predicted molar refractivity (Wildman–Crippen MR) is 145 cm³/mol. The summed E-state index contributed by atoms with van der Waals surface area (Å²) in [6, 6.07) is 19.0. The number of benzene rings is 3. The van der Waals surface area contributed by atoms with Gasteiger partial charge in [-0.1, -0.05) is 62.2 Å². The molecule has 2 amide bonds. The van der Waals surface area contributed by atoms with Crippen LogP contribution in [0, 0.1) is 0 Å². The van der Waals surface area contributed by atoms with Gasteiger partial charge in [-0.25, -0.2) is 0 Å². The van der Waals surface area contributed by atoms with Gasteiger partial charge in [0.05, 0.1) is 23.0 Å². The van der Waals surface area contributed by atoms with Crippen LogP contribution in [0.5, 0.6) is 11.5 Å². The summed E-state index contributed by atoms with van der Waals surface area (Å²) in [5.74, 6) is 0.756. The quantitative estimate of drug-likeness (QED) is 0.241. The number of imide groups is 1. The van der Waals surface area contributed by atoms with Crippen LogP contribution >= 0.6 is 59.6 Å². The minimum atomic E-state index is -0.323. The first-order valence-electron chi connectivity index (χ1n) is 10.1. The first-order chi connectivity index (χ1) is 16.4. The van der Waals surface area contributed by atoms with Gasteiger partial charge in [0.1, 0.15) is 6.61 Å². The van der Waals surface area contributed by atoms with Crippen LogP contribution < -0.4 is 9.47 Å². The van der Waals surface area contributed by atoms with Crippen LogP contribution in [0.25, 0.3) is 6.08 Å². The number of nitrogens with zero attached hydrogens (tertiary/aromatic N) is 1. The van der Waals surface area contributed by atoms with E-state index in [1.54, 1.807) is 19.3 Å². The van der Waals surface area contributed by atoms with E-state index in [1.165, 1.54) is 4.90 Å². The molecule has 3 aromatic carbocycles. The zero-order valence-corrected chi connectivity index (χ0v) is 23.5. The average molecular weight is 668 g/mol. The number of hydrogen-bond acceptors (Lipinski definition) is 5. The Bertz CT molecular complexity index is 1280. The summed E-state index contributed by atoms with van der Waals surface area (Å²) in [4.78, 5) is 27.1. The van der Waals surface area contributed by atoms with Crippen LogP contribution in [0.1, 0.15) is 16.7 Å². The van der Waals surface area contributed by atoms with Gasteiger partial charge >= 0.3 is 0 Å². The van der Waals surface area contributed by atoms with Crippen LogP contribution in [0.15, 0.2) is 79.0 Å². The molecule has 0 radical (unpaired) electrons. The molecular formula is C25H18Br3NO4S. The molecule has 1 aliphatic heterocycles. The van der Waals surface area contributed by atoms with Crippen molar-refractivity contribution >= 4 is 76.8 Å². The summed E-state index contributed by atoms with van der Waals surface area (Å²) in [7, 11) is 1.56. The monoisotopic (exact) mass is 665 g/mol. The molecule has 0 N–H and O–H groups in total. The molecule has 0 atom stereocenters. The number of thioether (sulfide) groups is 1. The van der Waals surface area contributed by atoms with Crippen molar-refractivity contribution in [3.8, 4) is 11.5 Å². The lowest BCUT2D eigenvalue weighted by atomic mass is 10.1. The fourth-order valence-corrected chi connectivity index (χ4v) is 5.37. The Labute approximate surface area is 226 Å². The summed E-state index contributed by atoms with van der Waals surface area (Å²) < 4.78 is 14.1. The van der Waals surface area contributed by atoms with Crippen LogP contribution in [0.2, 0.25) is 0 Å². The van der Waals surface area contributed by atoms with E-state index in [1.807, 2.05) is 54.6 Å². The lowest BCUT2D eigenvalue weighted by Gasteiger charge is -2.14. The number of hydrogen-bond donors (Lipinski definition) is 0. The Balaban J connectivity index is 1.53. The normalized spacial score (nSPS) is 14.7. The van der Waals surface area contributed by atoms with E-state index < -0.39 is 0 Å². The second-order valence-electron chi connectivity index (χ2n) is 7.31. The zero-order chi connectivity index (χ0) is 24.2. The smallest absolute Gasteiger partial charge is 0.293 e. The van der Waals surface area contributed by atoms with Gasteiger partial charge in [-0.2, -0.15) is 0 Å². The van der Waals surface area contributed by atoms with Crippen LogP contribution in [0.4, 0.5) is 4.79 Å². The average Bonchev–Trinajstić information content (AvgIpc) is 3.07. The highest BCUT2D eigenvalue weighted by molar-refractivity contribution is 9.11. The molecule has 5 nitrogen and oxygen atoms in total. The highest BCUT2D eigenvalue weighted by Crippen LogP contribution is 2.40. The molecule has 3 aromatic rings. The topological polar surface area (TPSA) is 55.8 Å². The standard InChI is InChI=1S/C25H18Br3NO4S/c1-32-21-11-16(10-20(28)23(21)33-14-15-6-8-18(26)9-7-15)12-22-24(30)29(25(31)34-22)13-17-4-2-3-5-19(17)27/h2-12H,13-14H2,1H3/b22-12+. The van der Waals surface area contributed by atoms with E-state index in [-0.39, 0.29) is 17.7 Å². The van der Waals surface area contributed by atoms with Gasteiger partial charge in [0.2, 0.25) is 0 Å². The number of ether oxygens (including phenoxy) is 2. The van der Waals surface area contributed by atoms with Gasteiger partial charge in [0.25, 0.3) is 11.1 Å². The van der Waals surface area contributed by atoms with Crippen molar-refractivity contribution in [1.29, 1.82) is 0 Å². The second kappa shape index (κ2) is 11.1. The Morgan fingerprint density at radius 1 is 0.971 bits per heavy atom. The Kier molecular flexibility index (Phi) is 8.18. The molecule has 1 fully saturated rings. The summed E-state index contributed by atoms with van der Waals surface area (Å²) >= 11 is 11.4. The molecule has 174 valence electrons. The predicted octanol–water partition coefficient (Wildman–Crippen LogP) is 7.80. The second-order valence-corrected chi connectivity index (χ2v) is 10.9. The molecule has 4 rings (SSSR count). The van der Waals surface area contributed by atoms with Gasteiger partial charge in [-0.15, -0.1) is 0 Å². The van der Waals surface area contributed by atoms with Crippen molar-refractivity contribution < 1.29 is 19.1 Å². The molecule has 0 aliphatic carbocycles. The molecule has 0 spiro atoms. The lowest BCUT2D eigenvalue weighted by Crippen LogP contribution is -2.27. The number of carbonyl (C=O) groups excluding carboxylic acids is 2. The van der Waals surface area contributed by atoms with E-state index in [2.05, 4.69) is 47.8 Å². The van der Waals surface area contributed by atoms with E-state index in [0.29, 0.717) is 33.0 Å². The zero-order valence-electron chi connectivity index (χ0n) is 17.9. The van der Waals surface area contributed by atoms with Crippen molar-refractivity contribution in [2.45, 2.75) is 13.2 Å². The fraction of sp³-hybridized carbons (Fsp3) is 0.120. The number of rotatable bonds is 7. The largest absolute Gasteiger partial charge is 0.493 e. The summed E-state index contributed by atoms with van der Waals surface area (Å²) in [5, 5.41) is -0.299. The highest BCUT2D eigenvalue weighted by Gasteiger charge is 2.35. The number of methoxy groups -OCH3 is 1. The molecule has 0 aromatic heterocycles. The third-order valence-electron chi connectivity index (χ3n) is 5.01. The van der Waals surface area contributed by atoms with Crippen molar-refractivity contribution in [2.75, 3.05) is 7.11 Å². The fourth-order valence-electron chi connectivity index (χ4n) is 3.28. The Morgan fingerprint density at radius 2 is 1.71 bits per heavy atom. The van der Waals surface area contributed by atoms with Crippen LogP contribution in [-0.2, 0) is 17.9 Å². The number of carbonyl (C=O) groups is 2. The van der Waals surface area contributed by atoms with Crippen molar-refractivity contribution in [3.63, 3.8) is 0 Å². The van der Waals surface area contributed by atoms with Gasteiger partial charge in [-0.05, 0) is 80.8 Å². The molecule has 0 saturated carbocycles. The van der Waals surface area contributed by atoms with Crippen LogP contribution in [-0.4, -0.2) is 23.2 Å². The number of halogens is 3. The van der Waals surface area contributed by atoms with E-state index >= 15 is 0 Å². The summed E-state index contributed by atoms with van der Waals surface area (Å²) in [6.45, 7) is 0.578. The SMILES string of the molecule is COc1cc(/C=C2/SC(=O)N(Cc3ccccc3Br)C2=O)cc(Br)c1OCc1ccc(Br)cc1. The maximum atomic E-state index is 13.0. The van der Waals surface area contributed by atoms with Crippen LogP contribution in [0.3, 0.4) is 0 Å². The van der Waals surface area contributed by atoms with Gasteiger partial charge < -0.3 is 9.47 Å². The molecule has 1 heterocycles. The number of amides is 2.